The standard InChI is InChI=1S/C13H19N3/c1-16(2)13-8-6-7-12(11-13)15-10-5-3-4-9-14/h6-8,11,15H,3-5,10H2,1-2H3. The van der Waals surface area contributed by atoms with Crippen LogP contribution in [0.1, 0.15) is 19.3 Å². The Morgan fingerprint density at radius 1 is 1.31 bits per heavy atom. The molecule has 3 heteroatoms. The molecule has 0 aromatic heterocycles. The molecule has 0 spiro atoms. The lowest BCUT2D eigenvalue weighted by Gasteiger charge is -2.14. The van der Waals surface area contributed by atoms with Crippen LogP contribution in [0.25, 0.3) is 0 Å². The molecule has 1 N–H and O–H groups in total. The van der Waals surface area contributed by atoms with E-state index in [1.165, 1.54) is 5.69 Å². The average Bonchev–Trinajstić information content (AvgIpc) is 2.29. The van der Waals surface area contributed by atoms with E-state index < -0.39 is 0 Å². The van der Waals surface area contributed by atoms with Crippen molar-refractivity contribution in [3.63, 3.8) is 0 Å². The van der Waals surface area contributed by atoms with E-state index in [-0.39, 0.29) is 0 Å². The first kappa shape index (κ1) is 12.4. The van der Waals surface area contributed by atoms with Gasteiger partial charge in [-0.1, -0.05) is 6.07 Å². The Bertz CT molecular complexity index is 352. The fraction of sp³-hybridized carbons (Fsp3) is 0.462. The third-order valence-electron chi connectivity index (χ3n) is 2.41. The summed E-state index contributed by atoms with van der Waals surface area (Å²) in [4.78, 5) is 2.08. The highest BCUT2D eigenvalue weighted by atomic mass is 15.1. The Hall–Kier alpha value is -1.69. The first-order valence-electron chi connectivity index (χ1n) is 5.62. The molecule has 0 aliphatic rings. The smallest absolute Gasteiger partial charge is 0.0621 e. The first-order valence-corrected chi connectivity index (χ1v) is 5.62. The number of hydrogen-bond acceptors (Lipinski definition) is 3. The molecule has 0 unspecified atom stereocenters. The van der Waals surface area contributed by atoms with Crippen molar-refractivity contribution in [2.75, 3.05) is 30.9 Å². The lowest BCUT2D eigenvalue weighted by atomic mass is 10.2. The highest BCUT2D eigenvalue weighted by Crippen LogP contribution is 2.17. The van der Waals surface area contributed by atoms with E-state index in [4.69, 9.17) is 5.26 Å². The summed E-state index contributed by atoms with van der Waals surface area (Å²) in [6.07, 6.45) is 2.66. The minimum absolute atomic E-state index is 0.652. The molecule has 16 heavy (non-hydrogen) atoms. The van der Waals surface area contributed by atoms with Crippen LogP contribution in [0.15, 0.2) is 24.3 Å². The van der Waals surface area contributed by atoms with E-state index in [1.807, 2.05) is 20.2 Å². The van der Waals surface area contributed by atoms with Crippen LogP contribution in [0.2, 0.25) is 0 Å². The van der Waals surface area contributed by atoms with Gasteiger partial charge in [0.1, 0.15) is 0 Å². The molecule has 3 nitrogen and oxygen atoms in total. The predicted molar refractivity (Wildman–Crippen MR) is 68.7 cm³/mol. The van der Waals surface area contributed by atoms with Crippen molar-refractivity contribution in [3.8, 4) is 6.07 Å². The largest absolute Gasteiger partial charge is 0.385 e. The second kappa shape index (κ2) is 6.73. The molecule has 0 aliphatic carbocycles. The minimum Gasteiger partial charge on any atom is -0.385 e. The van der Waals surface area contributed by atoms with E-state index in [9.17, 15) is 0 Å². The molecular formula is C13H19N3. The summed E-state index contributed by atoms with van der Waals surface area (Å²) in [5.74, 6) is 0. The molecule has 0 atom stereocenters. The maximum absolute atomic E-state index is 8.40. The Labute approximate surface area is 97.7 Å². The quantitative estimate of drug-likeness (QED) is 0.745. The number of anilines is 2. The van der Waals surface area contributed by atoms with Gasteiger partial charge in [-0.05, 0) is 31.0 Å². The molecule has 86 valence electrons. The molecule has 0 heterocycles. The van der Waals surface area contributed by atoms with Gasteiger partial charge in [0.2, 0.25) is 0 Å². The Morgan fingerprint density at radius 2 is 2.12 bits per heavy atom. The molecule has 0 amide bonds. The summed E-state index contributed by atoms with van der Waals surface area (Å²) < 4.78 is 0. The zero-order valence-electron chi connectivity index (χ0n) is 10.0. The zero-order valence-corrected chi connectivity index (χ0v) is 10.0. The number of nitrogens with one attached hydrogen (secondary N) is 1. The summed E-state index contributed by atoms with van der Waals surface area (Å²) in [7, 11) is 4.07. The SMILES string of the molecule is CN(C)c1cccc(NCCCCC#N)c1. The van der Waals surface area contributed by atoms with Crippen LogP contribution in [-0.4, -0.2) is 20.6 Å². The lowest BCUT2D eigenvalue weighted by molar-refractivity contribution is 0.784. The highest BCUT2D eigenvalue weighted by molar-refractivity contribution is 5.57. The molecule has 0 radical (unpaired) electrons. The average molecular weight is 217 g/mol. The van der Waals surface area contributed by atoms with Gasteiger partial charge in [0.05, 0.1) is 6.07 Å². The Balaban J connectivity index is 2.37. The van der Waals surface area contributed by atoms with Crippen LogP contribution in [0.5, 0.6) is 0 Å². The molecule has 1 aromatic rings. The summed E-state index contributed by atoms with van der Waals surface area (Å²) in [6.45, 7) is 0.929. The van der Waals surface area contributed by atoms with Crippen molar-refractivity contribution in [3.05, 3.63) is 24.3 Å². The monoisotopic (exact) mass is 217 g/mol. The maximum Gasteiger partial charge on any atom is 0.0621 e. The normalized spacial score (nSPS) is 9.56. The van der Waals surface area contributed by atoms with Crippen LogP contribution < -0.4 is 10.2 Å². The van der Waals surface area contributed by atoms with Crippen molar-refractivity contribution in [1.82, 2.24) is 0 Å². The van der Waals surface area contributed by atoms with Crippen molar-refractivity contribution >= 4 is 11.4 Å². The van der Waals surface area contributed by atoms with Crippen LogP contribution in [0.4, 0.5) is 11.4 Å². The molecule has 0 saturated carbocycles. The number of rotatable bonds is 6. The predicted octanol–water partition coefficient (Wildman–Crippen LogP) is 2.86. The molecule has 1 rings (SSSR count). The number of nitrogens with zero attached hydrogens (tertiary/aromatic N) is 2. The van der Waals surface area contributed by atoms with Gasteiger partial charge < -0.3 is 10.2 Å². The molecule has 0 bridgehead atoms. The fourth-order valence-corrected chi connectivity index (χ4v) is 1.46. The number of unbranched alkanes of at least 4 members (excludes halogenated alkanes) is 2. The van der Waals surface area contributed by atoms with Crippen LogP contribution in [-0.2, 0) is 0 Å². The molecule has 0 saturated heterocycles. The third-order valence-corrected chi connectivity index (χ3v) is 2.41. The van der Waals surface area contributed by atoms with Gasteiger partial charge >= 0.3 is 0 Å². The highest BCUT2D eigenvalue weighted by Gasteiger charge is 1.96. The van der Waals surface area contributed by atoms with Gasteiger partial charge in [-0.25, -0.2) is 0 Å². The maximum atomic E-state index is 8.40. The number of benzene rings is 1. The van der Waals surface area contributed by atoms with Crippen LogP contribution in [0.3, 0.4) is 0 Å². The van der Waals surface area contributed by atoms with Crippen molar-refractivity contribution < 1.29 is 0 Å². The van der Waals surface area contributed by atoms with Crippen LogP contribution in [0, 0.1) is 11.3 Å². The van der Waals surface area contributed by atoms with Gasteiger partial charge in [0, 0.05) is 38.4 Å². The van der Waals surface area contributed by atoms with Crippen molar-refractivity contribution in [2.45, 2.75) is 19.3 Å². The van der Waals surface area contributed by atoms with Gasteiger partial charge in [0.25, 0.3) is 0 Å². The van der Waals surface area contributed by atoms with Crippen molar-refractivity contribution in [1.29, 1.82) is 5.26 Å². The Kier molecular flexibility index (Phi) is 5.21. The van der Waals surface area contributed by atoms with Crippen LogP contribution >= 0.6 is 0 Å². The molecule has 0 fully saturated rings. The topological polar surface area (TPSA) is 39.1 Å². The minimum atomic E-state index is 0.652. The second-order valence-corrected chi connectivity index (χ2v) is 3.99. The van der Waals surface area contributed by atoms with E-state index in [0.717, 1.165) is 25.1 Å². The van der Waals surface area contributed by atoms with Gasteiger partial charge in [0.15, 0.2) is 0 Å². The lowest BCUT2D eigenvalue weighted by Crippen LogP contribution is -2.09. The fourth-order valence-electron chi connectivity index (χ4n) is 1.46. The van der Waals surface area contributed by atoms with Crippen molar-refractivity contribution in [2.24, 2.45) is 0 Å². The second-order valence-electron chi connectivity index (χ2n) is 3.99. The number of hydrogen-bond donors (Lipinski definition) is 1. The van der Waals surface area contributed by atoms with Gasteiger partial charge in [-0.2, -0.15) is 5.26 Å². The molecule has 0 aliphatic heterocycles. The van der Waals surface area contributed by atoms with Gasteiger partial charge in [-0.15, -0.1) is 0 Å². The summed E-state index contributed by atoms with van der Waals surface area (Å²) in [6, 6.07) is 10.5. The number of nitriles is 1. The summed E-state index contributed by atoms with van der Waals surface area (Å²) >= 11 is 0. The Morgan fingerprint density at radius 3 is 2.81 bits per heavy atom. The van der Waals surface area contributed by atoms with E-state index in [2.05, 4.69) is 34.5 Å². The van der Waals surface area contributed by atoms with E-state index in [1.54, 1.807) is 0 Å². The summed E-state index contributed by atoms with van der Waals surface area (Å²) in [5.41, 5.74) is 2.34. The molecular weight excluding hydrogens is 198 g/mol. The van der Waals surface area contributed by atoms with E-state index >= 15 is 0 Å². The van der Waals surface area contributed by atoms with Gasteiger partial charge in [-0.3, -0.25) is 0 Å². The molecule has 1 aromatic carbocycles. The third kappa shape index (κ3) is 4.22. The van der Waals surface area contributed by atoms with E-state index in [0.29, 0.717) is 6.42 Å². The first-order chi connectivity index (χ1) is 7.74. The zero-order chi connectivity index (χ0) is 11.8. The summed E-state index contributed by atoms with van der Waals surface area (Å²) in [5, 5.41) is 11.8.